The molecular formula is C18H21N6O5+. The van der Waals surface area contributed by atoms with Gasteiger partial charge in [0, 0.05) is 7.05 Å². The Balaban J connectivity index is 1.60. The van der Waals surface area contributed by atoms with Crippen LogP contribution in [-0.4, -0.2) is 89.3 Å². The predicted octanol–water partition coefficient (Wildman–Crippen LogP) is -1.06. The van der Waals surface area contributed by atoms with Crippen molar-refractivity contribution in [2.75, 3.05) is 27.2 Å². The molecule has 0 bridgehead atoms. The number of imide groups is 1. The molecule has 11 heteroatoms. The lowest BCUT2D eigenvalue weighted by molar-refractivity contribution is -0.131. The van der Waals surface area contributed by atoms with E-state index in [0.717, 1.165) is 4.90 Å². The first-order valence-electron chi connectivity index (χ1n) is 8.83. The fourth-order valence-corrected chi connectivity index (χ4v) is 2.94. The van der Waals surface area contributed by atoms with E-state index in [0.29, 0.717) is 17.9 Å². The van der Waals surface area contributed by atoms with Crippen molar-refractivity contribution >= 4 is 36.2 Å². The van der Waals surface area contributed by atoms with Crippen LogP contribution in [0.2, 0.25) is 0 Å². The molecule has 1 aromatic carbocycles. The Morgan fingerprint density at radius 2 is 2.10 bits per heavy atom. The van der Waals surface area contributed by atoms with E-state index in [2.05, 4.69) is 15.2 Å². The van der Waals surface area contributed by atoms with Gasteiger partial charge in [-0.05, 0) is 30.7 Å². The molecule has 11 nitrogen and oxygen atoms in total. The van der Waals surface area contributed by atoms with Crippen LogP contribution >= 0.6 is 0 Å². The molecule has 29 heavy (non-hydrogen) atoms. The molecule has 0 saturated carbocycles. The van der Waals surface area contributed by atoms with Gasteiger partial charge in [0.05, 0.1) is 19.9 Å². The molecule has 2 aliphatic rings. The number of hydrogen-bond donors (Lipinski definition) is 2. The Hall–Kier alpha value is -3.85. The van der Waals surface area contributed by atoms with Gasteiger partial charge in [-0.25, -0.2) is 14.9 Å². The lowest BCUT2D eigenvalue weighted by Gasteiger charge is -2.29. The standard InChI is InChI=1S/C18H20N6O5/c1-4-29-13-7-11(5-6-12(13)25)8-20-21-14(26)9-24-10-19-16-15(24)17(27)23(3)18(28)22(16)2/h5-8,10,15H,4,9H2,1-3H3,(H-,20,21,25,26)/p+1. The van der Waals surface area contributed by atoms with Crippen LogP contribution in [0.25, 0.3) is 0 Å². The third-order valence-corrected chi connectivity index (χ3v) is 4.41. The molecule has 1 fully saturated rings. The summed E-state index contributed by atoms with van der Waals surface area (Å²) in [5.74, 6) is -0.309. The third-order valence-electron chi connectivity index (χ3n) is 4.41. The van der Waals surface area contributed by atoms with Crippen molar-refractivity contribution < 1.29 is 24.2 Å². The molecule has 1 saturated heterocycles. The maximum atomic E-state index is 12.4. The second kappa shape index (κ2) is 8.03. The van der Waals surface area contributed by atoms with Crippen molar-refractivity contribution in [3.05, 3.63) is 23.8 Å². The van der Waals surface area contributed by atoms with E-state index in [1.54, 1.807) is 19.1 Å². The Kier molecular flexibility index (Phi) is 5.51. The zero-order valence-electron chi connectivity index (χ0n) is 16.2. The lowest BCUT2D eigenvalue weighted by atomic mass is 10.1. The maximum Gasteiger partial charge on any atom is 0.389 e. The number of hydrogen-bond acceptors (Lipinski definition) is 7. The number of aromatic hydroxyl groups is 1. The van der Waals surface area contributed by atoms with Gasteiger partial charge in [0.15, 0.2) is 11.5 Å². The molecule has 1 atom stereocenters. The van der Waals surface area contributed by atoms with Crippen LogP contribution in [0.15, 0.2) is 23.3 Å². The number of carbonyl (C=O) groups excluding carboxylic acids is 3. The summed E-state index contributed by atoms with van der Waals surface area (Å²) >= 11 is 0. The molecular weight excluding hydrogens is 380 g/mol. The molecule has 2 N–H and O–H groups in total. The molecule has 0 radical (unpaired) electrons. The van der Waals surface area contributed by atoms with E-state index in [1.807, 2.05) is 0 Å². The third kappa shape index (κ3) is 3.90. The summed E-state index contributed by atoms with van der Waals surface area (Å²) in [6, 6.07) is 3.37. The van der Waals surface area contributed by atoms with Crippen LogP contribution in [0.1, 0.15) is 12.5 Å². The quantitative estimate of drug-likeness (QED) is 0.355. The number of carbonyl (C=O) groups is 3. The van der Waals surface area contributed by atoms with E-state index in [-0.39, 0.29) is 18.1 Å². The summed E-state index contributed by atoms with van der Waals surface area (Å²) in [6.45, 7) is 2.03. The van der Waals surface area contributed by atoms with E-state index < -0.39 is 23.9 Å². The van der Waals surface area contributed by atoms with Gasteiger partial charge in [-0.1, -0.05) is 0 Å². The Labute approximate surface area is 166 Å². The van der Waals surface area contributed by atoms with Crippen molar-refractivity contribution in [1.82, 2.24) is 24.8 Å². The summed E-state index contributed by atoms with van der Waals surface area (Å²) in [6.07, 6.45) is 2.76. The Morgan fingerprint density at radius 3 is 2.83 bits per heavy atom. The summed E-state index contributed by atoms with van der Waals surface area (Å²) in [5.41, 5.74) is 2.99. The molecule has 0 spiro atoms. The van der Waals surface area contributed by atoms with Gasteiger partial charge >= 0.3 is 11.9 Å². The second-order valence-electron chi connectivity index (χ2n) is 6.37. The molecule has 1 unspecified atom stereocenters. The van der Waals surface area contributed by atoms with Crippen LogP contribution in [-0.2, 0) is 9.59 Å². The number of nitrogens with zero attached hydrogens (tertiary/aromatic N) is 5. The predicted molar refractivity (Wildman–Crippen MR) is 105 cm³/mol. The van der Waals surface area contributed by atoms with Gasteiger partial charge in [-0.15, -0.1) is 0 Å². The van der Waals surface area contributed by atoms with E-state index in [1.165, 1.54) is 42.5 Å². The Bertz CT molecular complexity index is 952. The summed E-state index contributed by atoms with van der Waals surface area (Å²) in [5, 5.41) is 13.6. The first kappa shape index (κ1) is 19.9. The average molecular weight is 401 g/mol. The van der Waals surface area contributed by atoms with Gasteiger partial charge < -0.3 is 9.84 Å². The normalized spacial score (nSPS) is 18.4. The number of nitrogens with one attached hydrogen (secondary N) is 1. The van der Waals surface area contributed by atoms with Crippen LogP contribution in [0.5, 0.6) is 11.5 Å². The summed E-state index contributed by atoms with van der Waals surface area (Å²) < 4.78 is 9.38. The van der Waals surface area contributed by atoms with Crippen molar-refractivity contribution in [1.29, 1.82) is 0 Å². The number of fused-ring (bicyclic) bond motifs is 1. The minimum absolute atomic E-state index is 0.0129. The van der Waals surface area contributed by atoms with Crippen molar-refractivity contribution in [2.45, 2.75) is 13.0 Å². The van der Waals surface area contributed by atoms with Crippen molar-refractivity contribution in [2.24, 2.45) is 5.10 Å². The number of hydrazone groups is 1. The first-order valence-corrected chi connectivity index (χ1v) is 8.83. The van der Waals surface area contributed by atoms with Gasteiger partial charge in [0.2, 0.25) is 0 Å². The molecule has 1 aromatic rings. The fourth-order valence-electron chi connectivity index (χ4n) is 2.94. The minimum Gasteiger partial charge on any atom is -0.504 e. The second-order valence-corrected chi connectivity index (χ2v) is 6.37. The highest BCUT2D eigenvalue weighted by atomic mass is 16.5. The van der Waals surface area contributed by atoms with Gasteiger partial charge in [0.25, 0.3) is 24.2 Å². The smallest absolute Gasteiger partial charge is 0.389 e. The topological polar surface area (TPSA) is 129 Å². The minimum atomic E-state index is -0.830. The molecule has 0 aliphatic carbocycles. The number of phenolic OH excluding ortho intramolecular Hbond substituents is 1. The van der Waals surface area contributed by atoms with Gasteiger partial charge in [-0.2, -0.15) is 10.0 Å². The maximum absolute atomic E-state index is 12.4. The van der Waals surface area contributed by atoms with Crippen molar-refractivity contribution in [3.8, 4) is 11.5 Å². The van der Waals surface area contributed by atoms with Gasteiger partial charge in [-0.3, -0.25) is 19.4 Å². The highest BCUT2D eigenvalue weighted by Gasteiger charge is 2.53. The molecule has 0 aromatic heterocycles. The molecule has 2 heterocycles. The lowest BCUT2D eigenvalue weighted by Crippen LogP contribution is -2.63. The molecule has 3 rings (SSSR count). The highest BCUT2D eigenvalue weighted by molar-refractivity contribution is 6.22. The number of urea groups is 1. The zero-order chi connectivity index (χ0) is 21.1. The van der Waals surface area contributed by atoms with E-state index in [4.69, 9.17) is 4.74 Å². The van der Waals surface area contributed by atoms with E-state index >= 15 is 0 Å². The van der Waals surface area contributed by atoms with Crippen LogP contribution < -0.4 is 14.8 Å². The van der Waals surface area contributed by atoms with Crippen molar-refractivity contribution in [3.63, 3.8) is 0 Å². The number of amidine groups is 1. The Morgan fingerprint density at radius 1 is 1.34 bits per heavy atom. The SMILES string of the molecule is CCOc1cc(/C=N/NC(=O)CN2C=[N+]=C3C2C(=O)N(C)C(=O)N3C)ccc1O. The van der Waals surface area contributed by atoms with Crippen LogP contribution in [0.4, 0.5) is 4.79 Å². The fraction of sp³-hybridized carbons (Fsp3) is 0.333. The highest BCUT2D eigenvalue weighted by Crippen LogP contribution is 2.26. The van der Waals surface area contributed by atoms with Crippen LogP contribution in [0, 0.1) is 0 Å². The molecule has 152 valence electrons. The first-order chi connectivity index (χ1) is 13.8. The molecule has 4 amide bonds. The largest absolute Gasteiger partial charge is 0.504 e. The van der Waals surface area contributed by atoms with Gasteiger partial charge in [0.1, 0.15) is 6.54 Å². The number of phenols is 1. The number of benzene rings is 1. The number of ether oxygens (including phenoxy) is 1. The average Bonchev–Trinajstić information content (AvgIpc) is 3.11. The zero-order valence-corrected chi connectivity index (χ0v) is 16.2. The number of likely N-dealkylation sites (N-methyl/N-ethyl adjacent to an activating group) is 2. The monoisotopic (exact) mass is 401 g/mol. The summed E-state index contributed by atoms with van der Waals surface area (Å²) in [7, 11) is 2.90. The summed E-state index contributed by atoms with van der Waals surface area (Å²) in [4.78, 5) is 40.3. The number of rotatable bonds is 6. The number of amides is 4. The molecule has 2 aliphatic heterocycles. The van der Waals surface area contributed by atoms with Crippen LogP contribution in [0.3, 0.4) is 0 Å². The van der Waals surface area contributed by atoms with E-state index in [9.17, 15) is 19.5 Å².